The number of nitrogens with zero attached hydrogens (tertiary/aromatic N) is 1. The number of aliphatic imine (C=N–C) groups is 1. The third kappa shape index (κ3) is 3.42. The lowest BCUT2D eigenvalue weighted by molar-refractivity contribution is 0.100. The highest BCUT2D eigenvalue weighted by Gasteiger charge is 2.19. The molecule has 0 unspecified atom stereocenters. The number of nitrogens with one attached hydrogen (secondary N) is 1. The van der Waals surface area contributed by atoms with Gasteiger partial charge in [-0.2, -0.15) is 0 Å². The van der Waals surface area contributed by atoms with Gasteiger partial charge in [-0.3, -0.25) is 4.79 Å². The summed E-state index contributed by atoms with van der Waals surface area (Å²) in [5.74, 6) is -0.545. The molecule has 4 N–H and O–H groups in total. The van der Waals surface area contributed by atoms with Gasteiger partial charge in [-0.15, -0.1) is 0 Å². The second kappa shape index (κ2) is 7.32. The first kappa shape index (κ1) is 18.0. The van der Waals surface area contributed by atoms with Crippen molar-refractivity contribution in [1.82, 2.24) is 4.98 Å². The normalized spacial score (nSPS) is 11.7. The molecular weight excluding hydrogens is 418 g/mol. The highest BCUT2D eigenvalue weighted by Crippen LogP contribution is 2.32. The maximum atomic E-state index is 11.6. The lowest BCUT2D eigenvalue weighted by Gasteiger charge is -2.08. The molecule has 5 nitrogen and oxygen atoms in total. The van der Waals surface area contributed by atoms with Crippen LogP contribution < -0.4 is 5.73 Å². The lowest BCUT2D eigenvalue weighted by atomic mass is 9.99. The Hall–Kier alpha value is -3.38. The van der Waals surface area contributed by atoms with Crippen molar-refractivity contribution < 1.29 is 9.90 Å². The van der Waals surface area contributed by atoms with Gasteiger partial charge in [-0.1, -0.05) is 46.3 Å². The second-order valence-electron chi connectivity index (χ2n) is 6.28. The van der Waals surface area contributed by atoms with Crippen molar-refractivity contribution in [1.29, 1.82) is 0 Å². The van der Waals surface area contributed by atoms with E-state index in [9.17, 15) is 9.90 Å². The quantitative estimate of drug-likeness (QED) is 0.399. The molecule has 28 heavy (non-hydrogen) atoms. The van der Waals surface area contributed by atoms with E-state index in [1.807, 2.05) is 54.6 Å². The topological polar surface area (TPSA) is 91.5 Å². The van der Waals surface area contributed by atoms with Crippen LogP contribution in [0.1, 0.15) is 21.5 Å². The molecule has 3 aromatic carbocycles. The molecule has 0 aliphatic rings. The number of benzene rings is 3. The number of hydrogen-bond acceptors (Lipinski definition) is 3. The van der Waals surface area contributed by atoms with Crippen LogP contribution in [0.25, 0.3) is 10.9 Å². The van der Waals surface area contributed by atoms with Crippen LogP contribution in [-0.2, 0) is 0 Å². The monoisotopic (exact) mass is 433 g/mol. The minimum Gasteiger partial charge on any atom is -0.494 e. The van der Waals surface area contributed by atoms with E-state index >= 15 is 0 Å². The number of aromatic nitrogens is 1. The number of rotatable bonds is 4. The van der Waals surface area contributed by atoms with Crippen molar-refractivity contribution >= 4 is 44.1 Å². The van der Waals surface area contributed by atoms with Crippen LogP contribution in [0.3, 0.4) is 0 Å². The average molecular weight is 434 g/mol. The number of amides is 1. The van der Waals surface area contributed by atoms with Gasteiger partial charge in [0.25, 0.3) is 0 Å². The SMILES string of the molecule is NC(=O)c1ccc2[nH]c(O)c(C(=Nc3ccc(Br)cc3)c3ccccc3)c2c1. The van der Waals surface area contributed by atoms with Gasteiger partial charge in [0.05, 0.1) is 17.0 Å². The molecule has 1 aromatic heterocycles. The summed E-state index contributed by atoms with van der Waals surface area (Å²) < 4.78 is 0.953. The smallest absolute Gasteiger partial charge is 0.248 e. The third-order valence-corrected chi connectivity index (χ3v) is 4.94. The number of carbonyl (C=O) groups is 1. The minimum absolute atomic E-state index is 0.0173. The van der Waals surface area contributed by atoms with Gasteiger partial charge in [0.1, 0.15) is 0 Å². The number of fused-ring (bicyclic) bond motifs is 1. The number of halogens is 1. The third-order valence-electron chi connectivity index (χ3n) is 4.41. The van der Waals surface area contributed by atoms with Crippen molar-refractivity contribution in [2.45, 2.75) is 0 Å². The molecule has 4 rings (SSSR count). The Morgan fingerprint density at radius 3 is 2.36 bits per heavy atom. The fraction of sp³-hybridized carbons (Fsp3) is 0. The Kier molecular flexibility index (Phi) is 4.71. The Balaban J connectivity index is 1.99. The Labute approximate surface area is 169 Å². The predicted octanol–water partition coefficient (Wildman–Crippen LogP) is 4.90. The van der Waals surface area contributed by atoms with Gasteiger partial charge in [0.2, 0.25) is 5.91 Å². The molecule has 0 spiro atoms. The fourth-order valence-corrected chi connectivity index (χ4v) is 3.34. The number of H-pyrrole nitrogens is 1. The van der Waals surface area contributed by atoms with E-state index in [0.717, 1.165) is 15.7 Å². The zero-order valence-corrected chi connectivity index (χ0v) is 16.3. The van der Waals surface area contributed by atoms with E-state index in [1.165, 1.54) is 0 Å². The number of aromatic amines is 1. The molecule has 0 radical (unpaired) electrons. The van der Waals surface area contributed by atoms with Crippen molar-refractivity contribution in [3.8, 4) is 5.88 Å². The van der Waals surface area contributed by atoms with Crippen LogP contribution in [0.4, 0.5) is 5.69 Å². The standard InChI is InChI=1S/C22H16BrN3O2/c23-15-7-9-16(10-8-15)25-20(13-4-2-1-3-5-13)19-17-12-14(21(24)27)6-11-18(17)26-22(19)28/h1-12,26,28H,(H2,24,27). The maximum Gasteiger partial charge on any atom is 0.248 e. The van der Waals surface area contributed by atoms with Crippen LogP contribution >= 0.6 is 15.9 Å². The van der Waals surface area contributed by atoms with E-state index in [1.54, 1.807) is 18.2 Å². The first-order chi connectivity index (χ1) is 13.5. The maximum absolute atomic E-state index is 11.6. The van der Waals surface area contributed by atoms with Gasteiger partial charge < -0.3 is 15.8 Å². The number of primary amides is 1. The molecule has 0 aliphatic carbocycles. The molecule has 0 fully saturated rings. The summed E-state index contributed by atoms with van der Waals surface area (Å²) in [7, 11) is 0. The minimum atomic E-state index is -0.528. The first-order valence-corrected chi connectivity index (χ1v) is 9.37. The summed E-state index contributed by atoms with van der Waals surface area (Å²) in [6.45, 7) is 0. The number of nitrogens with two attached hydrogens (primary N) is 1. The van der Waals surface area contributed by atoms with Gasteiger partial charge in [-0.25, -0.2) is 4.99 Å². The van der Waals surface area contributed by atoms with Gasteiger partial charge in [0.15, 0.2) is 5.88 Å². The molecule has 0 aliphatic heterocycles. The summed E-state index contributed by atoms with van der Waals surface area (Å²) in [6, 6.07) is 22.2. The predicted molar refractivity (Wildman–Crippen MR) is 114 cm³/mol. The molecule has 0 saturated carbocycles. The zero-order chi connectivity index (χ0) is 19.7. The molecule has 6 heteroatoms. The first-order valence-electron chi connectivity index (χ1n) is 8.57. The van der Waals surface area contributed by atoms with Crippen LogP contribution in [0.2, 0.25) is 0 Å². The Bertz CT molecular complexity index is 1200. The summed E-state index contributed by atoms with van der Waals surface area (Å²) in [5.41, 5.74) is 9.18. The van der Waals surface area contributed by atoms with E-state index in [-0.39, 0.29) is 5.88 Å². The molecule has 4 aromatic rings. The number of aromatic hydroxyl groups is 1. The second-order valence-corrected chi connectivity index (χ2v) is 7.19. The van der Waals surface area contributed by atoms with Gasteiger partial charge in [-0.05, 0) is 42.5 Å². The van der Waals surface area contributed by atoms with Crippen molar-refractivity contribution in [3.63, 3.8) is 0 Å². The Morgan fingerprint density at radius 2 is 1.68 bits per heavy atom. The molecular formula is C22H16BrN3O2. The molecule has 1 amide bonds. The summed E-state index contributed by atoms with van der Waals surface area (Å²) in [5, 5.41) is 11.3. The van der Waals surface area contributed by atoms with E-state index in [2.05, 4.69) is 20.9 Å². The van der Waals surface area contributed by atoms with Crippen LogP contribution in [0.5, 0.6) is 5.88 Å². The fourth-order valence-electron chi connectivity index (χ4n) is 3.08. The average Bonchev–Trinajstić information content (AvgIpc) is 3.03. The van der Waals surface area contributed by atoms with Crippen molar-refractivity contribution in [3.05, 3.63) is 94.0 Å². The van der Waals surface area contributed by atoms with E-state index in [0.29, 0.717) is 27.7 Å². The molecule has 0 bridgehead atoms. The lowest BCUT2D eigenvalue weighted by Crippen LogP contribution is -2.10. The van der Waals surface area contributed by atoms with Gasteiger partial charge in [0, 0.05) is 26.5 Å². The Morgan fingerprint density at radius 1 is 0.964 bits per heavy atom. The molecule has 138 valence electrons. The van der Waals surface area contributed by atoms with E-state index in [4.69, 9.17) is 10.7 Å². The summed E-state index contributed by atoms with van der Waals surface area (Å²) >= 11 is 3.42. The molecule has 0 saturated heterocycles. The summed E-state index contributed by atoms with van der Waals surface area (Å²) in [4.78, 5) is 19.4. The number of carbonyl (C=O) groups excluding carboxylic acids is 1. The van der Waals surface area contributed by atoms with Crippen LogP contribution in [-0.4, -0.2) is 21.7 Å². The van der Waals surface area contributed by atoms with Crippen molar-refractivity contribution in [2.24, 2.45) is 10.7 Å². The largest absolute Gasteiger partial charge is 0.494 e. The molecule has 1 heterocycles. The van der Waals surface area contributed by atoms with Gasteiger partial charge >= 0.3 is 0 Å². The van der Waals surface area contributed by atoms with Crippen LogP contribution in [0.15, 0.2) is 82.3 Å². The molecule has 0 atom stereocenters. The zero-order valence-electron chi connectivity index (χ0n) is 14.7. The van der Waals surface area contributed by atoms with Crippen molar-refractivity contribution in [2.75, 3.05) is 0 Å². The van der Waals surface area contributed by atoms with Crippen LogP contribution in [0, 0.1) is 0 Å². The summed E-state index contributed by atoms with van der Waals surface area (Å²) in [6.07, 6.45) is 0. The number of hydrogen-bond donors (Lipinski definition) is 3. The van der Waals surface area contributed by atoms with E-state index < -0.39 is 5.91 Å². The highest BCUT2D eigenvalue weighted by molar-refractivity contribution is 9.10. The highest BCUT2D eigenvalue weighted by atomic mass is 79.9.